The van der Waals surface area contributed by atoms with Crippen LogP contribution in [0.15, 0.2) is 77.9 Å². The predicted octanol–water partition coefficient (Wildman–Crippen LogP) is 3.79. The summed E-state index contributed by atoms with van der Waals surface area (Å²) in [4.78, 5) is 11.9. The van der Waals surface area contributed by atoms with Crippen LogP contribution in [0.3, 0.4) is 0 Å². The summed E-state index contributed by atoms with van der Waals surface area (Å²) >= 11 is 0. The van der Waals surface area contributed by atoms with Crippen LogP contribution in [0.25, 0.3) is 10.8 Å². The molecule has 0 heterocycles. The van der Waals surface area contributed by atoms with Crippen molar-refractivity contribution in [3.63, 3.8) is 0 Å². The number of nitrogens with one attached hydrogen (secondary N) is 2. The zero-order chi connectivity index (χ0) is 16.8. The molecule has 0 radical (unpaired) electrons. The number of rotatable bonds is 5. The first-order valence-corrected chi connectivity index (χ1v) is 7.83. The molecule has 0 spiro atoms. The highest BCUT2D eigenvalue weighted by Crippen LogP contribution is 2.18. The van der Waals surface area contributed by atoms with Crippen molar-refractivity contribution < 1.29 is 4.79 Å². The van der Waals surface area contributed by atoms with Crippen LogP contribution in [-0.2, 0) is 4.79 Å². The summed E-state index contributed by atoms with van der Waals surface area (Å²) in [5, 5.41) is 9.57. The Labute approximate surface area is 141 Å². The van der Waals surface area contributed by atoms with Crippen molar-refractivity contribution in [2.75, 3.05) is 11.9 Å². The molecule has 0 saturated carbocycles. The fraction of sp³-hybridized carbons (Fsp3) is 0.100. The van der Waals surface area contributed by atoms with Crippen LogP contribution in [-0.4, -0.2) is 18.2 Å². The van der Waals surface area contributed by atoms with Gasteiger partial charge in [-0.25, -0.2) is 5.43 Å². The summed E-state index contributed by atoms with van der Waals surface area (Å²) in [5.41, 5.74) is 5.24. The van der Waals surface area contributed by atoms with E-state index in [2.05, 4.69) is 21.9 Å². The van der Waals surface area contributed by atoms with E-state index in [0.29, 0.717) is 0 Å². The molecule has 0 unspecified atom stereocenters. The Morgan fingerprint density at radius 2 is 1.62 bits per heavy atom. The Kier molecular flexibility index (Phi) is 4.87. The van der Waals surface area contributed by atoms with Crippen molar-refractivity contribution in [3.05, 3.63) is 78.4 Å². The lowest BCUT2D eigenvalue weighted by Gasteiger charge is -2.07. The van der Waals surface area contributed by atoms with E-state index in [9.17, 15) is 4.79 Å². The summed E-state index contributed by atoms with van der Waals surface area (Å²) in [6, 6.07) is 23.9. The van der Waals surface area contributed by atoms with Gasteiger partial charge in [0.25, 0.3) is 5.91 Å². The summed E-state index contributed by atoms with van der Waals surface area (Å²) in [5.74, 6) is -0.182. The molecule has 0 aliphatic rings. The number of carbonyl (C=O) groups excluding carboxylic acids is 1. The van der Waals surface area contributed by atoms with Crippen LogP contribution in [0.2, 0.25) is 0 Å². The third-order valence-corrected chi connectivity index (χ3v) is 3.74. The molecule has 0 fully saturated rings. The molecule has 24 heavy (non-hydrogen) atoms. The average Bonchev–Trinajstić information content (AvgIpc) is 2.65. The SMILES string of the molecule is C/C(=N/NC(=O)CNc1ccc2ccccc2c1)c1ccccc1. The molecule has 0 aliphatic heterocycles. The van der Waals surface area contributed by atoms with Gasteiger partial charge in [0.15, 0.2) is 0 Å². The van der Waals surface area contributed by atoms with Gasteiger partial charge in [0.2, 0.25) is 0 Å². The number of hydrogen-bond donors (Lipinski definition) is 2. The maximum atomic E-state index is 11.9. The molecule has 1 amide bonds. The second-order valence-electron chi connectivity index (χ2n) is 5.51. The van der Waals surface area contributed by atoms with Gasteiger partial charge in [-0.1, -0.05) is 60.7 Å². The smallest absolute Gasteiger partial charge is 0.259 e. The highest BCUT2D eigenvalue weighted by molar-refractivity contribution is 5.99. The van der Waals surface area contributed by atoms with E-state index in [1.807, 2.05) is 73.7 Å². The molecule has 2 N–H and O–H groups in total. The predicted molar refractivity (Wildman–Crippen MR) is 99.2 cm³/mol. The normalized spacial score (nSPS) is 11.3. The summed E-state index contributed by atoms with van der Waals surface area (Å²) in [6.07, 6.45) is 0. The van der Waals surface area contributed by atoms with Crippen LogP contribution in [0, 0.1) is 0 Å². The number of fused-ring (bicyclic) bond motifs is 1. The van der Waals surface area contributed by atoms with Crippen molar-refractivity contribution in [2.45, 2.75) is 6.92 Å². The molecule has 3 rings (SSSR count). The third kappa shape index (κ3) is 3.98. The Bertz CT molecular complexity index is 872. The van der Waals surface area contributed by atoms with E-state index < -0.39 is 0 Å². The first-order chi connectivity index (χ1) is 11.7. The molecule has 3 aromatic rings. The van der Waals surface area contributed by atoms with Gasteiger partial charge in [0.1, 0.15) is 0 Å². The van der Waals surface area contributed by atoms with Gasteiger partial charge >= 0.3 is 0 Å². The minimum Gasteiger partial charge on any atom is -0.376 e. The van der Waals surface area contributed by atoms with E-state index in [4.69, 9.17) is 0 Å². The summed E-state index contributed by atoms with van der Waals surface area (Å²) in [6.45, 7) is 2.04. The third-order valence-electron chi connectivity index (χ3n) is 3.74. The Hall–Kier alpha value is -3.14. The summed E-state index contributed by atoms with van der Waals surface area (Å²) < 4.78 is 0. The molecular weight excluding hydrogens is 298 g/mol. The molecule has 0 saturated heterocycles. The van der Waals surface area contributed by atoms with Crippen molar-refractivity contribution in [3.8, 4) is 0 Å². The van der Waals surface area contributed by atoms with E-state index in [0.717, 1.165) is 22.3 Å². The Morgan fingerprint density at radius 1 is 0.917 bits per heavy atom. The number of benzene rings is 3. The van der Waals surface area contributed by atoms with Crippen molar-refractivity contribution in [1.29, 1.82) is 0 Å². The van der Waals surface area contributed by atoms with Crippen LogP contribution < -0.4 is 10.7 Å². The van der Waals surface area contributed by atoms with Gasteiger partial charge in [0.05, 0.1) is 12.3 Å². The molecule has 120 valence electrons. The van der Waals surface area contributed by atoms with Crippen LogP contribution in [0.5, 0.6) is 0 Å². The minimum absolute atomic E-state index is 0.171. The van der Waals surface area contributed by atoms with Gasteiger partial charge in [0, 0.05) is 5.69 Å². The second-order valence-corrected chi connectivity index (χ2v) is 5.51. The number of amides is 1. The lowest BCUT2D eigenvalue weighted by atomic mass is 10.1. The molecule has 4 heteroatoms. The second kappa shape index (κ2) is 7.42. The quantitative estimate of drug-likeness (QED) is 0.555. The van der Waals surface area contributed by atoms with Gasteiger partial charge in [-0.2, -0.15) is 5.10 Å². The highest BCUT2D eigenvalue weighted by atomic mass is 16.2. The van der Waals surface area contributed by atoms with E-state index >= 15 is 0 Å². The molecule has 0 aliphatic carbocycles. The first-order valence-electron chi connectivity index (χ1n) is 7.83. The lowest BCUT2D eigenvalue weighted by Crippen LogP contribution is -2.26. The maximum absolute atomic E-state index is 11.9. The van der Waals surface area contributed by atoms with Crippen molar-refractivity contribution in [1.82, 2.24) is 5.43 Å². The summed E-state index contributed by atoms with van der Waals surface area (Å²) in [7, 11) is 0. The topological polar surface area (TPSA) is 53.5 Å². The van der Waals surface area contributed by atoms with Crippen LogP contribution in [0.1, 0.15) is 12.5 Å². The van der Waals surface area contributed by atoms with Gasteiger partial charge < -0.3 is 5.32 Å². The van der Waals surface area contributed by atoms with Gasteiger partial charge in [-0.15, -0.1) is 0 Å². The van der Waals surface area contributed by atoms with Crippen molar-refractivity contribution >= 4 is 28.1 Å². The number of nitrogens with zero attached hydrogens (tertiary/aromatic N) is 1. The molecule has 0 aromatic heterocycles. The van der Waals surface area contributed by atoms with Crippen molar-refractivity contribution in [2.24, 2.45) is 5.10 Å². The Balaban J connectivity index is 1.57. The van der Waals surface area contributed by atoms with E-state index in [-0.39, 0.29) is 12.5 Å². The number of anilines is 1. The van der Waals surface area contributed by atoms with Gasteiger partial charge in [-0.05, 0) is 35.4 Å². The highest BCUT2D eigenvalue weighted by Gasteiger charge is 2.02. The monoisotopic (exact) mass is 317 g/mol. The number of hydrazone groups is 1. The lowest BCUT2D eigenvalue weighted by molar-refractivity contribution is -0.119. The first kappa shape index (κ1) is 15.7. The fourth-order valence-corrected chi connectivity index (χ4v) is 2.41. The molecular formula is C20H19N3O. The average molecular weight is 317 g/mol. The minimum atomic E-state index is -0.182. The zero-order valence-corrected chi connectivity index (χ0v) is 13.5. The molecule has 0 atom stereocenters. The Morgan fingerprint density at radius 3 is 2.42 bits per heavy atom. The fourth-order valence-electron chi connectivity index (χ4n) is 2.41. The number of carbonyl (C=O) groups is 1. The molecule has 3 aromatic carbocycles. The van der Waals surface area contributed by atoms with Crippen LogP contribution >= 0.6 is 0 Å². The molecule has 4 nitrogen and oxygen atoms in total. The van der Waals surface area contributed by atoms with Crippen LogP contribution in [0.4, 0.5) is 5.69 Å². The van der Waals surface area contributed by atoms with E-state index in [1.165, 1.54) is 5.39 Å². The number of hydrogen-bond acceptors (Lipinski definition) is 3. The zero-order valence-electron chi connectivity index (χ0n) is 13.5. The van der Waals surface area contributed by atoms with E-state index in [1.54, 1.807) is 0 Å². The largest absolute Gasteiger partial charge is 0.376 e. The van der Waals surface area contributed by atoms with Gasteiger partial charge in [-0.3, -0.25) is 4.79 Å². The maximum Gasteiger partial charge on any atom is 0.259 e. The molecule has 0 bridgehead atoms. The standard InChI is InChI=1S/C20H19N3O/c1-15(16-7-3-2-4-8-16)22-23-20(24)14-21-19-12-11-17-9-5-6-10-18(17)13-19/h2-13,21H,14H2,1H3,(H,23,24)/b22-15-.